The number of aryl methyl sites for hydroxylation is 2. The highest BCUT2D eigenvalue weighted by Gasteiger charge is 2.37. The van der Waals surface area contributed by atoms with Gasteiger partial charge >= 0.3 is 12.0 Å². The van der Waals surface area contributed by atoms with Crippen LogP contribution in [0, 0.1) is 13.8 Å². The minimum Gasteiger partial charge on any atom is -0.493 e. The molecule has 0 radical (unpaired) electrons. The van der Waals surface area contributed by atoms with Crippen molar-refractivity contribution in [1.29, 1.82) is 0 Å². The maximum Gasteiger partial charge on any atom is 0.343 e. The Morgan fingerprint density at radius 3 is 2.42 bits per heavy atom. The molecule has 0 unspecified atom stereocenters. The summed E-state index contributed by atoms with van der Waals surface area (Å²) in [6, 6.07) is 7.37. The SMILES string of the molecule is COC(=O)COc1cc(Br)c(/C=C2\C(=O)NC(=O)N(c3ccc(C)c(C)c3)C2=O)cc1OC. The van der Waals surface area contributed by atoms with Gasteiger partial charge in [0.1, 0.15) is 5.57 Å². The molecule has 3 rings (SSSR count). The molecule has 33 heavy (non-hydrogen) atoms. The second-order valence-electron chi connectivity index (χ2n) is 7.12. The zero-order valence-corrected chi connectivity index (χ0v) is 19.9. The summed E-state index contributed by atoms with van der Waals surface area (Å²) in [4.78, 5) is 50.3. The van der Waals surface area contributed by atoms with E-state index in [0.29, 0.717) is 15.7 Å². The van der Waals surface area contributed by atoms with Gasteiger partial charge in [-0.25, -0.2) is 14.5 Å². The van der Waals surface area contributed by atoms with Gasteiger partial charge in [-0.05, 0) is 60.9 Å². The molecule has 172 valence electrons. The fourth-order valence-corrected chi connectivity index (χ4v) is 3.48. The van der Waals surface area contributed by atoms with Crippen LogP contribution in [0.4, 0.5) is 10.5 Å². The number of methoxy groups -OCH3 is 2. The molecule has 2 aromatic carbocycles. The van der Waals surface area contributed by atoms with E-state index < -0.39 is 23.8 Å². The number of halogens is 1. The first-order valence-corrected chi connectivity index (χ1v) is 10.5. The van der Waals surface area contributed by atoms with Crippen molar-refractivity contribution in [3.63, 3.8) is 0 Å². The molecule has 1 heterocycles. The molecule has 4 amide bonds. The summed E-state index contributed by atoms with van der Waals surface area (Å²) in [6.45, 7) is 3.45. The Balaban J connectivity index is 1.99. The van der Waals surface area contributed by atoms with Crippen molar-refractivity contribution in [3.8, 4) is 11.5 Å². The molecule has 0 spiro atoms. The van der Waals surface area contributed by atoms with Gasteiger partial charge < -0.3 is 14.2 Å². The smallest absolute Gasteiger partial charge is 0.343 e. The Bertz CT molecular complexity index is 1190. The number of anilines is 1. The van der Waals surface area contributed by atoms with Crippen LogP contribution in [0.25, 0.3) is 6.08 Å². The lowest BCUT2D eigenvalue weighted by Gasteiger charge is -2.27. The summed E-state index contributed by atoms with van der Waals surface area (Å²) in [5, 5.41) is 2.20. The molecule has 0 saturated carbocycles. The van der Waals surface area contributed by atoms with Crippen LogP contribution in [-0.4, -0.2) is 44.6 Å². The fourth-order valence-electron chi connectivity index (χ4n) is 3.04. The van der Waals surface area contributed by atoms with E-state index in [1.54, 1.807) is 18.2 Å². The Morgan fingerprint density at radius 1 is 1.06 bits per heavy atom. The van der Waals surface area contributed by atoms with Gasteiger partial charge in [0.15, 0.2) is 18.1 Å². The van der Waals surface area contributed by atoms with Gasteiger partial charge in [0, 0.05) is 4.47 Å². The van der Waals surface area contributed by atoms with Crippen LogP contribution >= 0.6 is 15.9 Å². The third-order valence-electron chi connectivity index (χ3n) is 5.01. The minimum absolute atomic E-state index is 0.237. The number of carbonyl (C=O) groups excluding carboxylic acids is 4. The molecule has 9 nitrogen and oxygen atoms in total. The van der Waals surface area contributed by atoms with Gasteiger partial charge in [-0.2, -0.15) is 0 Å². The first-order chi connectivity index (χ1) is 15.7. The molecule has 0 atom stereocenters. The summed E-state index contributed by atoms with van der Waals surface area (Å²) >= 11 is 3.37. The van der Waals surface area contributed by atoms with Crippen molar-refractivity contribution in [2.75, 3.05) is 25.7 Å². The third kappa shape index (κ3) is 5.06. The van der Waals surface area contributed by atoms with Crippen LogP contribution in [0.2, 0.25) is 0 Å². The van der Waals surface area contributed by atoms with E-state index in [1.165, 1.54) is 32.4 Å². The standard InChI is InChI=1S/C23H21BrN2O7/c1-12-5-6-15(7-13(12)2)26-22(29)16(21(28)25-23(26)30)8-14-9-18(31-3)19(10-17(14)24)33-11-20(27)32-4/h5-10H,11H2,1-4H3,(H,25,28,30)/b16-8+. The first-order valence-electron chi connectivity index (χ1n) is 9.72. The maximum absolute atomic E-state index is 13.1. The van der Waals surface area contributed by atoms with E-state index in [4.69, 9.17) is 9.47 Å². The molecule has 0 aliphatic carbocycles. The largest absolute Gasteiger partial charge is 0.493 e. The van der Waals surface area contributed by atoms with Crippen LogP contribution in [-0.2, 0) is 19.1 Å². The molecular weight excluding hydrogens is 496 g/mol. The number of amides is 4. The third-order valence-corrected chi connectivity index (χ3v) is 5.69. The van der Waals surface area contributed by atoms with Crippen molar-refractivity contribution in [2.45, 2.75) is 13.8 Å². The van der Waals surface area contributed by atoms with Crippen molar-refractivity contribution < 1.29 is 33.4 Å². The van der Waals surface area contributed by atoms with Gasteiger partial charge in [-0.15, -0.1) is 0 Å². The van der Waals surface area contributed by atoms with Gasteiger partial charge in [0.2, 0.25) is 0 Å². The van der Waals surface area contributed by atoms with Crippen molar-refractivity contribution >= 4 is 51.5 Å². The van der Waals surface area contributed by atoms with Crippen LogP contribution in [0.1, 0.15) is 16.7 Å². The first kappa shape index (κ1) is 24.0. The molecule has 10 heteroatoms. The highest BCUT2D eigenvalue weighted by molar-refractivity contribution is 9.10. The van der Waals surface area contributed by atoms with Crippen molar-refractivity contribution in [1.82, 2.24) is 5.32 Å². The number of carbonyl (C=O) groups is 4. The average molecular weight is 517 g/mol. The number of benzene rings is 2. The molecule has 2 aromatic rings. The number of nitrogens with zero attached hydrogens (tertiary/aromatic N) is 1. The lowest BCUT2D eigenvalue weighted by Crippen LogP contribution is -2.54. The van der Waals surface area contributed by atoms with E-state index in [1.807, 2.05) is 13.8 Å². The highest BCUT2D eigenvalue weighted by atomic mass is 79.9. The highest BCUT2D eigenvalue weighted by Crippen LogP contribution is 2.35. The van der Waals surface area contributed by atoms with Gasteiger partial charge in [0.05, 0.1) is 19.9 Å². The molecule has 1 aliphatic rings. The second kappa shape index (κ2) is 9.86. The number of imide groups is 2. The second-order valence-corrected chi connectivity index (χ2v) is 7.97. The van der Waals surface area contributed by atoms with Crippen LogP contribution < -0.4 is 19.7 Å². The zero-order chi connectivity index (χ0) is 24.3. The van der Waals surface area contributed by atoms with Gasteiger partial charge in [-0.1, -0.05) is 22.0 Å². The Morgan fingerprint density at radius 2 is 1.79 bits per heavy atom. The molecule has 1 saturated heterocycles. The van der Waals surface area contributed by atoms with E-state index in [2.05, 4.69) is 26.0 Å². The van der Waals surface area contributed by atoms with E-state index in [0.717, 1.165) is 16.0 Å². The monoisotopic (exact) mass is 516 g/mol. The Hall–Kier alpha value is -3.66. The lowest BCUT2D eigenvalue weighted by molar-refractivity contribution is -0.143. The number of hydrogen-bond donors (Lipinski definition) is 1. The summed E-state index contributed by atoms with van der Waals surface area (Å²) in [7, 11) is 2.65. The van der Waals surface area contributed by atoms with E-state index in [-0.39, 0.29) is 23.7 Å². The molecule has 0 bridgehead atoms. The topological polar surface area (TPSA) is 111 Å². The van der Waals surface area contributed by atoms with Crippen LogP contribution in [0.3, 0.4) is 0 Å². The van der Waals surface area contributed by atoms with Crippen molar-refractivity contribution in [2.24, 2.45) is 0 Å². The fraction of sp³-hybridized carbons (Fsp3) is 0.217. The molecule has 1 fully saturated rings. The van der Waals surface area contributed by atoms with Crippen molar-refractivity contribution in [3.05, 3.63) is 57.1 Å². The quantitative estimate of drug-likeness (QED) is 0.356. The van der Waals surface area contributed by atoms with Crippen LogP contribution in [0.5, 0.6) is 11.5 Å². The molecule has 1 N–H and O–H groups in total. The number of urea groups is 1. The summed E-state index contributed by atoms with van der Waals surface area (Å²) in [6.07, 6.45) is 1.34. The molecule has 0 aromatic heterocycles. The number of barbiturate groups is 1. The normalized spacial score (nSPS) is 14.9. The number of hydrogen-bond acceptors (Lipinski definition) is 7. The zero-order valence-electron chi connectivity index (χ0n) is 18.4. The molecule has 1 aliphatic heterocycles. The number of ether oxygens (including phenoxy) is 3. The number of esters is 1. The predicted molar refractivity (Wildman–Crippen MR) is 123 cm³/mol. The Labute approximate surface area is 198 Å². The summed E-state index contributed by atoms with van der Waals surface area (Å²) in [5.74, 6) is -1.63. The maximum atomic E-state index is 13.1. The molecular formula is C23H21BrN2O7. The average Bonchev–Trinajstić information content (AvgIpc) is 2.78. The lowest BCUT2D eigenvalue weighted by atomic mass is 10.0. The Kier molecular flexibility index (Phi) is 7.17. The number of nitrogens with one attached hydrogen (secondary N) is 1. The van der Waals surface area contributed by atoms with Crippen LogP contribution in [0.15, 0.2) is 40.4 Å². The van der Waals surface area contributed by atoms with E-state index >= 15 is 0 Å². The van der Waals surface area contributed by atoms with Gasteiger partial charge in [0.25, 0.3) is 11.8 Å². The predicted octanol–water partition coefficient (Wildman–Crippen LogP) is 3.29. The minimum atomic E-state index is -0.825. The summed E-state index contributed by atoms with van der Waals surface area (Å²) < 4.78 is 15.7. The van der Waals surface area contributed by atoms with Gasteiger partial charge in [-0.3, -0.25) is 14.9 Å². The van der Waals surface area contributed by atoms with E-state index in [9.17, 15) is 19.2 Å². The number of rotatable bonds is 6. The summed E-state index contributed by atoms with van der Waals surface area (Å²) in [5.41, 5.74) is 2.43.